The van der Waals surface area contributed by atoms with Gasteiger partial charge in [-0.05, 0) is 19.4 Å². The normalized spacial score (nSPS) is 15.6. The monoisotopic (exact) mass is 329 g/mol. The first-order valence-corrected chi connectivity index (χ1v) is 8.94. The quantitative estimate of drug-likeness (QED) is 0.415. The number of anilines is 1. The minimum atomic E-state index is -0.413. The maximum atomic E-state index is 12.5. The van der Waals surface area contributed by atoms with E-state index in [9.17, 15) is 14.7 Å². The van der Waals surface area contributed by atoms with E-state index < -0.39 is 5.91 Å². The number of allylic oxidation sites excluding steroid dienone is 1. The van der Waals surface area contributed by atoms with E-state index in [1.54, 1.807) is 24.3 Å². The number of imide groups is 1. The van der Waals surface area contributed by atoms with Crippen LogP contribution in [0.5, 0.6) is 0 Å². The molecule has 130 valence electrons. The Bertz CT molecular complexity index is 630. The number of aliphatic hydroxyl groups is 1. The lowest BCUT2D eigenvalue weighted by Crippen LogP contribution is -2.33. The third-order valence-corrected chi connectivity index (χ3v) is 4.44. The maximum absolute atomic E-state index is 12.5. The predicted octanol–water partition coefficient (Wildman–Crippen LogP) is 4.99. The van der Waals surface area contributed by atoms with Crippen LogP contribution in [0.2, 0.25) is 0 Å². The van der Waals surface area contributed by atoms with E-state index in [-0.39, 0.29) is 17.2 Å². The second kappa shape index (κ2) is 8.67. The molecule has 1 aromatic rings. The van der Waals surface area contributed by atoms with Crippen molar-refractivity contribution in [2.24, 2.45) is 0 Å². The lowest BCUT2D eigenvalue weighted by atomic mass is 10.1. The average Bonchev–Trinajstić information content (AvgIpc) is 2.85. The standard InChI is InChI=1S/C20H27NO3/c1-3-4-5-6-7-8-9-14-18(23)21-17-13-11-10-12-16(17)19(15(2)22)20(21)24/h10-13,22H,3-9,14H2,1-2H3. The van der Waals surface area contributed by atoms with Crippen molar-refractivity contribution in [1.82, 2.24) is 0 Å². The van der Waals surface area contributed by atoms with Crippen molar-refractivity contribution in [2.45, 2.75) is 65.2 Å². The van der Waals surface area contributed by atoms with E-state index in [1.807, 2.05) is 0 Å². The maximum Gasteiger partial charge on any atom is 0.269 e. The molecule has 1 aliphatic rings. The van der Waals surface area contributed by atoms with Crippen LogP contribution in [0.25, 0.3) is 5.57 Å². The molecule has 2 rings (SSSR count). The summed E-state index contributed by atoms with van der Waals surface area (Å²) in [5.41, 5.74) is 1.45. The molecule has 0 radical (unpaired) electrons. The molecule has 1 aliphatic heterocycles. The summed E-state index contributed by atoms with van der Waals surface area (Å²) >= 11 is 0. The van der Waals surface area contributed by atoms with Crippen molar-refractivity contribution in [3.05, 3.63) is 35.6 Å². The van der Waals surface area contributed by atoms with Crippen LogP contribution in [0.1, 0.15) is 70.8 Å². The first-order valence-electron chi connectivity index (χ1n) is 8.94. The van der Waals surface area contributed by atoms with Crippen molar-refractivity contribution in [2.75, 3.05) is 4.90 Å². The molecule has 0 fully saturated rings. The summed E-state index contributed by atoms with van der Waals surface area (Å²) in [6.07, 6.45) is 8.29. The zero-order valence-corrected chi connectivity index (χ0v) is 14.7. The lowest BCUT2D eigenvalue weighted by Gasteiger charge is -2.15. The van der Waals surface area contributed by atoms with Gasteiger partial charge < -0.3 is 5.11 Å². The smallest absolute Gasteiger partial charge is 0.269 e. The van der Waals surface area contributed by atoms with Crippen molar-refractivity contribution in [3.8, 4) is 0 Å². The molecule has 0 saturated carbocycles. The molecule has 0 unspecified atom stereocenters. The van der Waals surface area contributed by atoms with Crippen LogP contribution in [-0.2, 0) is 9.59 Å². The third-order valence-electron chi connectivity index (χ3n) is 4.44. The van der Waals surface area contributed by atoms with Crippen LogP contribution in [0, 0.1) is 0 Å². The van der Waals surface area contributed by atoms with Gasteiger partial charge in [-0.3, -0.25) is 9.59 Å². The summed E-state index contributed by atoms with van der Waals surface area (Å²) in [4.78, 5) is 26.3. The molecule has 0 bridgehead atoms. The number of aliphatic hydroxyl groups excluding tert-OH is 1. The van der Waals surface area contributed by atoms with E-state index in [4.69, 9.17) is 0 Å². The van der Waals surface area contributed by atoms with Crippen molar-refractivity contribution >= 4 is 23.1 Å². The van der Waals surface area contributed by atoms with Crippen LogP contribution in [0.3, 0.4) is 0 Å². The number of unbranched alkanes of at least 4 members (excludes halogenated alkanes) is 6. The van der Waals surface area contributed by atoms with Gasteiger partial charge in [0.1, 0.15) is 5.76 Å². The van der Waals surface area contributed by atoms with Gasteiger partial charge in [-0.25, -0.2) is 4.90 Å². The van der Waals surface area contributed by atoms with Crippen molar-refractivity contribution in [1.29, 1.82) is 0 Å². The zero-order valence-electron chi connectivity index (χ0n) is 14.7. The summed E-state index contributed by atoms with van der Waals surface area (Å²) < 4.78 is 0. The molecule has 0 aromatic heterocycles. The molecule has 4 heteroatoms. The number of fused-ring (bicyclic) bond motifs is 1. The van der Waals surface area contributed by atoms with E-state index in [0.29, 0.717) is 17.7 Å². The highest BCUT2D eigenvalue weighted by Gasteiger charge is 2.37. The van der Waals surface area contributed by atoms with Gasteiger partial charge in [-0.1, -0.05) is 63.6 Å². The number of carbonyl (C=O) groups is 2. The van der Waals surface area contributed by atoms with Gasteiger partial charge in [0.15, 0.2) is 0 Å². The van der Waals surface area contributed by atoms with Crippen LogP contribution in [-0.4, -0.2) is 16.9 Å². The van der Waals surface area contributed by atoms with E-state index in [1.165, 1.54) is 37.5 Å². The first-order chi connectivity index (χ1) is 11.6. The number of rotatable bonds is 8. The van der Waals surface area contributed by atoms with Gasteiger partial charge in [0.05, 0.1) is 11.3 Å². The second-order valence-electron chi connectivity index (χ2n) is 6.38. The van der Waals surface area contributed by atoms with Gasteiger partial charge in [0.25, 0.3) is 5.91 Å². The number of nitrogens with zero attached hydrogens (tertiary/aromatic N) is 1. The molecule has 1 heterocycles. The highest BCUT2D eigenvalue weighted by atomic mass is 16.3. The Labute approximate surface area is 144 Å². The molecule has 4 nitrogen and oxygen atoms in total. The average molecular weight is 329 g/mol. The molecule has 1 aromatic carbocycles. The second-order valence-corrected chi connectivity index (χ2v) is 6.38. The van der Waals surface area contributed by atoms with E-state index in [0.717, 1.165) is 19.3 Å². The summed E-state index contributed by atoms with van der Waals surface area (Å²) in [7, 11) is 0. The van der Waals surface area contributed by atoms with Crippen LogP contribution >= 0.6 is 0 Å². The predicted molar refractivity (Wildman–Crippen MR) is 96.8 cm³/mol. The molecular weight excluding hydrogens is 302 g/mol. The Hall–Kier alpha value is -2.10. The number of para-hydroxylation sites is 1. The number of amides is 2. The molecule has 0 atom stereocenters. The summed E-state index contributed by atoms with van der Waals surface area (Å²) in [6.45, 7) is 3.68. The number of carbonyl (C=O) groups excluding carboxylic acids is 2. The van der Waals surface area contributed by atoms with Gasteiger partial charge >= 0.3 is 0 Å². The number of hydrogen-bond donors (Lipinski definition) is 1. The highest BCUT2D eigenvalue weighted by Crippen LogP contribution is 2.38. The number of benzene rings is 1. The zero-order chi connectivity index (χ0) is 17.5. The molecular formula is C20H27NO3. The fourth-order valence-electron chi connectivity index (χ4n) is 3.16. The molecule has 0 spiro atoms. The van der Waals surface area contributed by atoms with Crippen molar-refractivity contribution in [3.63, 3.8) is 0 Å². The SMILES string of the molecule is CCCCCCCCCC(=O)N1C(=O)C(=C(C)O)c2ccccc21. The first kappa shape index (κ1) is 18.2. The summed E-state index contributed by atoms with van der Waals surface area (Å²) in [5, 5.41) is 9.81. The topological polar surface area (TPSA) is 57.6 Å². The Morgan fingerprint density at radius 1 is 1.04 bits per heavy atom. The van der Waals surface area contributed by atoms with E-state index in [2.05, 4.69) is 6.92 Å². The lowest BCUT2D eigenvalue weighted by molar-refractivity contribution is -0.123. The fraction of sp³-hybridized carbons (Fsp3) is 0.500. The minimum absolute atomic E-state index is 0.0429. The largest absolute Gasteiger partial charge is 0.512 e. The van der Waals surface area contributed by atoms with Gasteiger partial charge in [-0.2, -0.15) is 0 Å². The molecule has 2 amide bonds. The Morgan fingerprint density at radius 2 is 1.67 bits per heavy atom. The highest BCUT2D eigenvalue weighted by molar-refractivity contribution is 6.40. The molecule has 1 N–H and O–H groups in total. The van der Waals surface area contributed by atoms with Crippen LogP contribution in [0.4, 0.5) is 5.69 Å². The Kier molecular flexibility index (Phi) is 6.59. The van der Waals surface area contributed by atoms with Gasteiger partial charge in [0.2, 0.25) is 5.91 Å². The van der Waals surface area contributed by atoms with E-state index >= 15 is 0 Å². The van der Waals surface area contributed by atoms with Gasteiger partial charge in [0, 0.05) is 12.0 Å². The fourth-order valence-corrected chi connectivity index (χ4v) is 3.16. The van der Waals surface area contributed by atoms with Crippen LogP contribution < -0.4 is 4.90 Å². The minimum Gasteiger partial charge on any atom is -0.512 e. The van der Waals surface area contributed by atoms with Gasteiger partial charge in [-0.15, -0.1) is 0 Å². The summed E-state index contributed by atoms with van der Waals surface area (Å²) in [6, 6.07) is 7.13. The number of hydrogen-bond acceptors (Lipinski definition) is 3. The Morgan fingerprint density at radius 3 is 2.33 bits per heavy atom. The summed E-state index contributed by atoms with van der Waals surface area (Å²) in [5.74, 6) is -0.639. The third kappa shape index (κ3) is 4.05. The molecule has 24 heavy (non-hydrogen) atoms. The van der Waals surface area contributed by atoms with Crippen LogP contribution in [0.15, 0.2) is 30.0 Å². The molecule has 0 aliphatic carbocycles. The van der Waals surface area contributed by atoms with Crippen molar-refractivity contribution < 1.29 is 14.7 Å². The Balaban J connectivity index is 1.95. The molecule has 0 saturated heterocycles.